The van der Waals surface area contributed by atoms with Gasteiger partial charge in [0.15, 0.2) is 0 Å². The molecule has 34 heavy (non-hydrogen) atoms. The molecular weight excluding hydrogens is 420 g/mol. The molecule has 1 N–H and O–H groups in total. The standard InChI is InChI=1S/C31H30O3/c1-2-24-13-9-17-29(23-24)31(27-15-7-4-8-16-27,28-20-18-26(19-21-28)30(32)33)34-22-10-14-25-11-5-3-6-12-25/h2-9,11-13,15-21,24H,1,10,14,22-23H2,(H,32,33). The molecule has 172 valence electrons. The van der Waals surface area contributed by atoms with Crippen LogP contribution in [0.1, 0.15) is 39.9 Å². The Morgan fingerprint density at radius 2 is 1.62 bits per heavy atom. The van der Waals surface area contributed by atoms with Gasteiger partial charge in [0.1, 0.15) is 5.60 Å². The summed E-state index contributed by atoms with van der Waals surface area (Å²) in [6.07, 6.45) is 10.9. The summed E-state index contributed by atoms with van der Waals surface area (Å²) >= 11 is 0. The highest BCUT2D eigenvalue weighted by molar-refractivity contribution is 5.87. The van der Waals surface area contributed by atoms with Gasteiger partial charge in [-0.25, -0.2) is 4.79 Å². The second-order valence-electron chi connectivity index (χ2n) is 8.55. The Labute approximate surface area is 201 Å². The number of rotatable bonds is 10. The number of allylic oxidation sites excluding steroid dienone is 4. The minimum Gasteiger partial charge on any atom is -0.478 e. The van der Waals surface area contributed by atoms with E-state index in [1.165, 1.54) is 5.56 Å². The van der Waals surface area contributed by atoms with Gasteiger partial charge in [-0.05, 0) is 59.6 Å². The first kappa shape index (κ1) is 23.5. The van der Waals surface area contributed by atoms with E-state index in [1.54, 1.807) is 12.1 Å². The summed E-state index contributed by atoms with van der Waals surface area (Å²) in [4.78, 5) is 11.5. The van der Waals surface area contributed by atoms with Crippen LogP contribution in [0.4, 0.5) is 0 Å². The zero-order valence-electron chi connectivity index (χ0n) is 19.3. The van der Waals surface area contributed by atoms with Gasteiger partial charge in [0.2, 0.25) is 0 Å². The highest BCUT2D eigenvalue weighted by atomic mass is 16.5. The molecule has 0 fully saturated rings. The third-order valence-corrected chi connectivity index (χ3v) is 6.36. The third-order valence-electron chi connectivity index (χ3n) is 6.36. The molecule has 0 saturated carbocycles. The fraction of sp³-hybridized carbons (Fsp3) is 0.194. The number of ether oxygens (including phenoxy) is 1. The lowest BCUT2D eigenvalue weighted by atomic mass is 9.74. The molecule has 3 aromatic carbocycles. The molecule has 3 aromatic rings. The topological polar surface area (TPSA) is 46.5 Å². The number of carbonyl (C=O) groups is 1. The second-order valence-corrected chi connectivity index (χ2v) is 8.55. The van der Waals surface area contributed by atoms with E-state index in [-0.39, 0.29) is 11.5 Å². The number of aromatic carboxylic acids is 1. The Hall–Kier alpha value is -3.69. The van der Waals surface area contributed by atoms with Crippen molar-refractivity contribution in [3.63, 3.8) is 0 Å². The van der Waals surface area contributed by atoms with E-state index >= 15 is 0 Å². The monoisotopic (exact) mass is 450 g/mol. The Morgan fingerprint density at radius 1 is 0.971 bits per heavy atom. The van der Waals surface area contributed by atoms with E-state index in [9.17, 15) is 9.90 Å². The summed E-state index contributed by atoms with van der Waals surface area (Å²) < 4.78 is 6.87. The summed E-state index contributed by atoms with van der Waals surface area (Å²) in [6, 6.07) is 27.7. The van der Waals surface area contributed by atoms with Crippen LogP contribution < -0.4 is 0 Å². The van der Waals surface area contributed by atoms with Gasteiger partial charge in [0, 0.05) is 6.61 Å². The van der Waals surface area contributed by atoms with Crippen molar-refractivity contribution in [3.8, 4) is 0 Å². The van der Waals surface area contributed by atoms with Crippen LogP contribution in [0.25, 0.3) is 0 Å². The maximum Gasteiger partial charge on any atom is 0.335 e. The van der Waals surface area contributed by atoms with E-state index in [2.05, 4.69) is 61.2 Å². The molecule has 0 saturated heterocycles. The molecule has 0 bridgehead atoms. The van der Waals surface area contributed by atoms with Crippen molar-refractivity contribution in [2.24, 2.45) is 5.92 Å². The molecule has 3 nitrogen and oxygen atoms in total. The molecule has 4 rings (SSSR count). The predicted molar refractivity (Wildman–Crippen MR) is 137 cm³/mol. The summed E-state index contributed by atoms with van der Waals surface area (Å²) in [6.45, 7) is 4.56. The van der Waals surface area contributed by atoms with Crippen molar-refractivity contribution in [3.05, 3.63) is 144 Å². The number of benzene rings is 3. The average molecular weight is 451 g/mol. The van der Waals surface area contributed by atoms with Crippen LogP contribution in [-0.2, 0) is 16.8 Å². The molecule has 0 heterocycles. The maximum absolute atomic E-state index is 11.5. The van der Waals surface area contributed by atoms with Crippen molar-refractivity contribution < 1.29 is 14.6 Å². The van der Waals surface area contributed by atoms with E-state index < -0.39 is 11.6 Å². The van der Waals surface area contributed by atoms with Crippen molar-refractivity contribution in [1.82, 2.24) is 0 Å². The van der Waals surface area contributed by atoms with Crippen LogP contribution in [0.5, 0.6) is 0 Å². The molecular formula is C31H30O3. The van der Waals surface area contributed by atoms with E-state index in [0.717, 1.165) is 36.0 Å². The summed E-state index contributed by atoms with van der Waals surface area (Å²) in [5, 5.41) is 9.43. The molecule has 1 aliphatic rings. The minimum absolute atomic E-state index is 0.217. The number of aryl methyl sites for hydroxylation is 1. The second kappa shape index (κ2) is 11.0. The van der Waals surface area contributed by atoms with E-state index in [4.69, 9.17) is 4.74 Å². The molecule has 0 spiro atoms. The van der Waals surface area contributed by atoms with Crippen molar-refractivity contribution in [2.45, 2.75) is 24.9 Å². The molecule has 0 aromatic heterocycles. The molecule has 0 amide bonds. The largest absolute Gasteiger partial charge is 0.478 e. The smallest absolute Gasteiger partial charge is 0.335 e. The summed E-state index contributed by atoms with van der Waals surface area (Å²) in [5.41, 5.74) is 3.81. The third kappa shape index (κ3) is 5.11. The van der Waals surface area contributed by atoms with Gasteiger partial charge >= 0.3 is 5.97 Å². The molecule has 0 radical (unpaired) electrons. The molecule has 0 aliphatic heterocycles. The lowest BCUT2D eigenvalue weighted by molar-refractivity contribution is 0.00539. The molecule has 2 atom stereocenters. The zero-order valence-corrected chi connectivity index (χ0v) is 19.3. The van der Waals surface area contributed by atoms with Gasteiger partial charge in [0.25, 0.3) is 0 Å². The van der Waals surface area contributed by atoms with Crippen LogP contribution in [0, 0.1) is 5.92 Å². The predicted octanol–water partition coefficient (Wildman–Crippen LogP) is 6.97. The highest BCUT2D eigenvalue weighted by Gasteiger charge is 2.40. The fourth-order valence-corrected chi connectivity index (χ4v) is 4.59. The van der Waals surface area contributed by atoms with Crippen molar-refractivity contribution in [2.75, 3.05) is 6.61 Å². The number of hydrogen-bond acceptors (Lipinski definition) is 2. The Bertz CT molecular complexity index is 1160. The Kier molecular flexibility index (Phi) is 7.56. The van der Waals surface area contributed by atoms with Gasteiger partial charge in [0.05, 0.1) is 5.56 Å². The van der Waals surface area contributed by atoms with Gasteiger partial charge in [-0.3, -0.25) is 0 Å². The van der Waals surface area contributed by atoms with Crippen molar-refractivity contribution >= 4 is 5.97 Å². The van der Waals surface area contributed by atoms with Gasteiger partial charge in [-0.2, -0.15) is 0 Å². The lowest BCUT2D eigenvalue weighted by Gasteiger charge is -2.39. The van der Waals surface area contributed by atoms with Gasteiger partial charge in [-0.15, -0.1) is 6.58 Å². The van der Waals surface area contributed by atoms with Gasteiger partial charge in [-0.1, -0.05) is 97.1 Å². The first-order valence-corrected chi connectivity index (χ1v) is 11.7. The van der Waals surface area contributed by atoms with Crippen LogP contribution in [0.2, 0.25) is 0 Å². The Morgan fingerprint density at radius 3 is 2.26 bits per heavy atom. The highest BCUT2D eigenvalue weighted by Crippen LogP contribution is 2.44. The van der Waals surface area contributed by atoms with Crippen LogP contribution in [-0.4, -0.2) is 17.7 Å². The minimum atomic E-state index is -0.938. The average Bonchev–Trinajstić information content (AvgIpc) is 2.90. The van der Waals surface area contributed by atoms with Crippen molar-refractivity contribution in [1.29, 1.82) is 0 Å². The Balaban J connectivity index is 1.74. The number of carboxylic acids is 1. The fourth-order valence-electron chi connectivity index (χ4n) is 4.59. The van der Waals surface area contributed by atoms with E-state index in [1.807, 2.05) is 42.5 Å². The van der Waals surface area contributed by atoms with Gasteiger partial charge < -0.3 is 9.84 Å². The first-order valence-electron chi connectivity index (χ1n) is 11.7. The summed E-state index contributed by atoms with van der Waals surface area (Å²) in [7, 11) is 0. The zero-order chi connectivity index (χ0) is 23.8. The van der Waals surface area contributed by atoms with Crippen LogP contribution in [0.15, 0.2) is 121 Å². The number of carboxylic acid groups (broad SMARTS) is 1. The first-order chi connectivity index (χ1) is 16.6. The molecule has 1 aliphatic carbocycles. The molecule has 2 unspecified atom stereocenters. The van der Waals surface area contributed by atoms with Crippen LogP contribution >= 0.6 is 0 Å². The lowest BCUT2D eigenvalue weighted by Crippen LogP contribution is -2.35. The SMILES string of the molecule is C=CC1C=CC=C(C(OCCCc2ccccc2)(c2ccccc2)c2ccc(C(=O)O)cc2)C1. The number of hydrogen-bond donors (Lipinski definition) is 1. The summed E-state index contributed by atoms with van der Waals surface area (Å²) in [5.74, 6) is -0.721. The van der Waals surface area contributed by atoms with E-state index in [0.29, 0.717) is 6.61 Å². The maximum atomic E-state index is 11.5. The normalized spacial score (nSPS) is 16.9. The quantitative estimate of drug-likeness (QED) is 0.268. The molecule has 3 heteroatoms. The van der Waals surface area contributed by atoms with Crippen LogP contribution in [0.3, 0.4) is 0 Å².